The van der Waals surface area contributed by atoms with Gasteiger partial charge in [0, 0.05) is 6.42 Å². The lowest BCUT2D eigenvalue weighted by Crippen LogP contribution is -2.18. The van der Waals surface area contributed by atoms with Crippen molar-refractivity contribution >= 4 is 5.97 Å². The first-order valence-electron chi connectivity index (χ1n) is 7.03. The molecule has 0 saturated carbocycles. The second-order valence-corrected chi connectivity index (χ2v) is 4.96. The number of nitrogens with one attached hydrogen (secondary N) is 1. The molecule has 0 atom stereocenters. The summed E-state index contributed by atoms with van der Waals surface area (Å²) in [7, 11) is 0. The van der Waals surface area contributed by atoms with E-state index in [9.17, 15) is 4.79 Å². The molecule has 0 amide bonds. The molecule has 0 bridgehead atoms. The summed E-state index contributed by atoms with van der Waals surface area (Å²) in [5.74, 6) is 0.725. The van der Waals surface area contributed by atoms with Crippen LogP contribution in [0.3, 0.4) is 0 Å². The van der Waals surface area contributed by atoms with Gasteiger partial charge in [0.05, 0.1) is 6.61 Å². The van der Waals surface area contributed by atoms with Crippen molar-refractivity contribution in [2.75, 3.05) is 19.7 Å². The van der Waals surface area contributed by atoms with Gasteiger partial charge in [-0.3, -0.25) is 4.79 Å². The Bertz CT molecular complexity index is 181. The van der Waals surface area contributed by atoms with E-state index in [1.807, 2.05) is 6.92 Å². The molecule has 102 valence electrons. The van der Waals surface area contributed by atoms with Crippen molar-refractivity contribution in [3.05, 3.63) is 0 Å². The van der Waals surface area contributed by atoms with Crippen molar-refractivity contribution in [1.82, 2.24) is 5.32 Å². The fourth-order valence-corrected chi connectivity index (χ4v) is 1.51. The van der Waals surface area contributed by atoms with Crippen LogP contribution in [-0.2, 0) is 9.53 Å². The van der Waals surface area contributed by atoms with Crippen molar-refractivity contribution in [1.29, 1.82) is 0 Å². The highest BCUT2D eigenvalue weighted by atomic mass is 16.5. The summed E-state index contributed by atoms with van der Waals surface area (Å²) in [6.45, 7) is 9.26. The summed E-state index contributed by atoms with van der Waals surface area (Å²) >= 11 is 0. The lowest BCUT2D eigenvalue weighted by Gasteiger charge is -2.07. The summed E-state index contributed by atoms with van der Waals surface area (Å²) in [5, 5.41) is 3.43. The second kappa shape index (κ2) is 11.9. The summed E-state index contributed by atoms with van der Waals surface area (Å²) in [5.41, 5.74) is 0. The van der Waals surface area contributed by atoms with Crippen LogP contribution in [0.4, 0.5) is 0 Å². The van der Waals surface area contributed by atoms with Gasteiger partial charge in [-0.15, -0.1) is 0 Å². The molecule has 1 N–H and O–H groups in total. The van der Waals surface area contributed by atoms with E-state index in [2.05, 4.69) is 19.2 Å². The Hall–Kier alpha value is -0.570. The maximum Gasteiger partial charge on any atom is 0.305 e. The topological polar surface area (TPSA) is 38.3 Å². The molecule has 0 radical (unpaired) electrons. The molecule has 3 heteroatoms. The van der Waals surface area contributed by atoms with Crippen molar-refractivity contribution in [3.8, 4) is 0 Å². The minimum absolute atomic E-state index is 0.0532. The van der Waals surface area contributed by atoms with E-state index in [0.717, 1.165) is 38.3 Å². The Balaban J connectivity index is 3.06. The lowest BCUT2D eigenvalue weighted by atomic mass is 10.1. The van der Waals surface area contributed by atoms with Crippen LogP contribution in [0.25, 0.3) is 0 Å². The van der Waals surface area contributed by atoms with Crippen molar-refractivity contribution in [3.63, 3.8) is 0 Å². The van der Waals surface area contributed by atoms with Crippen LogP contribution in [0.1, 0.15) is 59.3 Å². The molecule has 0 aromatic heterocycles. The SMILES string of the molecule is CCCC(=O)OCCCCCNCCC(C)C. The number of ether oxygens (including phenoxy) is 1. The molecule has 0 aliphatic rings. The van der Waals surface area contributed by atoms with E-state index in [-0.39, 0.29) is 5.97 Å². The minimum Gasteiger partial charge on any atom is -0.466 e. The molecule has 0 aliphatic carbocycles. The molecule has 0 heterocycles. The number of hydrogen-bond acceptors (Lipinski definition) is 3. The fourth-order valence-electron chi connectivity index (χ4n) is 1.51. The zero-order chi connectivity index (χ0) is 12.9. The lowest BCUT2D eigenvalue weighted by molar-refractivity contribution is -0.143. The Morgan fingerprint density at radius 1 is 1.18 bits per heavy atom. The average Bonchev–Trinajstić information content (AvgIpc) is 2.27. The number of unbranched alkanes of at least 4 members (excludes halogenated alkanes) is 2. The van der Waals surface area contributed by atoms with Crippen LogP contribution in [0.15, 0.2) is 0 Å². The zero-order valence-corrected chi connectivity index (χ0v) is 11.8. The Kier molecular flexibility index (Phi) is 11.5. The molecule has 0 aromatic carbocycles. The van der Waals surface area contributed by atoms with Crippen molar-refractivity contribution in [2.45, 2.75) is 59.3 Å². The van der Waals surface area contributed by atoms with Gasteiger partial charge in [0.1, 0.15) is 0 Å². The van der Waals surface area contributed by atoms with Gasteiger partial charge in [-0.2, -0.15) is 0 Å². The number of hydrogen-bond donors (Lipinski definition) is 1. The average molecular weight is 243 g/mol. The Labute approximate surface area is 106 Å². The first-order chi connectivity index (χ1) is 8.16. The standard InChI is InChI=1S/C14H29NO2/c1-4-8-14(16)17-12-7-5-6-10-15-11-9-13(2)3/h13,15H,4-12H2,1-3H3. The minimum atomic E-state index is -0.0532. The van der Waals surface area contributed by atoms with Crippen molar-refractivity contribution < 1.29 is 9.53 Å². The zero-order valence-electron chi connectivity index (χ0n) is 11.8. The van der Waals surface area contributed by atoms with Gasteiger partial charge in [0.15, 0.2) is 0 Å². The third-order valence-electron chi connectivity index (χ3n) is 2.61. The normalized spacial score (nSPS) is 10.8. The third kappa shape index (κ3) is 13.4. The highest BCUT2D eigenvalue weighted by Gasteiger charge is 1.99. The number of rotatable bonds is 11. The second-order valence-electron chi connectivity index (χ2n) is 4.96. The van der Waals surface area contributed by atoms with Crippen LogP contribution in [-0.4, -0.2) is 25.7 Å². The Morgan fingerprint density at radius 3 is 2.59 bits per heavy atom. The predicted octanol–water partition coefficient (Wildman–Crippen LogP) is 3.14. The van der Waals surface area contributed by atoms with E-state index >= 15 is 0 Å². The van der Waals surface area contributed by atoms with E-state index in [1.165, 1.54) is 12.8 Å². The predicted molar refractivity (Wildman–Crippen MR) is 72.0 cm³/mol. The van der Waals surface area contributed by atoms with Gasteiger partial charge in [-0.05, 0) is 51.1 Å². The molecule has 0 spiro atoms. The van der Waals surface area contributed by atoms with Crippen molar-refractivity contribution in [2.24, 2.45) is 5.92 Å². The summed E-state index contributed by atoms with van der Waals surface area (Å²) < 4.78 is 5.08. The number of carbonyl (C=O) groups is 1. The third-order valence-corrected chi connectivity index (χ3v) is 2.61. The van der Waals surface area contributed by atoms with Crippen LogP contribution < -0.4 is 5.32 Å². The van der Waals surface area contributed by atoms with E-state index in [0.29, 0.717) is 13.0 Å². The highest BCUT2D eigenvalue weighted by molar-refractivity contribution is 5.69. The molecule has 0 rings (SSSR count). The highest BCUT2D eigenvalue weighted by Crippen LogP contribution is 1.99. The molecule has 0 aliphatic heterocycles. The molecular formula is C14H29NO2. The van der Waals surface area contributed by atoms with Gasteiger partial charge in [-0.25, -0.2) is 0 Å². The molecule has 0 aromatic rings. The quantitative estimate of drug-likeness (QED) is 0.447. The Morgan fingerprint density at radius 2 is 1.94 bits per heavy atom. The van der Waals surface area contributed by atoms with Crippen LogP contribution in [0, 0.1) is 5.92 Å². The molecule has 3 nitrogen and oxygen atoms in total. The van der Waals surface area contributed by atoms with Gasteiger partial charge in [0.2, 0.25) is 0 Å². The number of esters is 1. The molecule has 17 heavy (non-hydrogen) atoms. The van der Waals surface area contributed by atoms with E-state index in [1.54, 1.807) is 0 Å². The van der Waals surface area contributed by atoms with Crippen LogP contribution >= 0.6 is 0 Å². The van der Waals surface area contributed by atoms with Crippen LogP contribution in [0.5, 0.6) is 0 Å². The molecule has 0 fully saturated rings. The fraction of sp³-hybridized carbons (Fsp3) is 0.929. The maximum atomic E-state index is 11.0. The monoisotopic (exact) mass is 243 g/mol. The summed E-state index contributed by atoms with van der Waals surface area (Å²) in [6.07, 6.45) is 5.96. The first-order valence-corrected chi connectivity index (χ1v) is 7.03. The van der Waals surface area contributed by atoms with Gasteiger partial charge in [-0.1, -0.05) is 20.8 Å². The maximum absolute atomic E-state index is 11.0. The molecular weight excluding hydrogens is 214 g/mol. The van der Waals surface area contributed by atoms with Gasteiger partial charge < -0.3 is 10.1 Å². The van der Waals surface area contributed by atoms with E-state index in [4.69, 9.17) is 4.74 Å². The van der Waals surface area contributed by atoms with Crippen LogP contribution in [0.2, 0.25) is 0 Å². The summed E-state index contributed by atoms with van der Waals surface area (Å²) in [6, 6.07) is 0. The number of carbonyl (C=O) groups excluding carboxylic acids is 1. The summed E-state index contributed by atoms with van der Waals surface area (Å²) in [4.78, 5) is 11.0. The molecule has 0 unspecified atom stereocenters. The smallest absolute Gasteiger partial charge is 0.305 e. The first kappa shape index (κ1) is 16.4. The largest absolute Gasteiger partial charge is 0.466 e. The van der Waals surface area contributed by atoms with E-state index < -0.39 is 0 Å². The van der Waals surface area contributed by atoms with Gasteiger partial charge in [0.25, 0.3) is 0 Å². The van der Waals surface area contributed by atoms with Gasteiger partial charge >= 0.3 is 5.97 Å². The molecule has 0 saturated heterocycles.